The Morgan fingerprint density at radius 2 is 1.24 bits per heavy atom. The molecule has 0 radical (unpaired) electrons. The van der Waals surface area contributed by atoms with Crippen LogP contribution >= 0.6 is 12.4 Å². The topological polar surface area (TPSA) is 77.8 Å². The Balaban J connectivity index is 0.000000185. The molecule has 4 aromatic rings. The largest absolute Gasteiger partial charge is 0.507 e. The molecule has 6 heteroatoms. The van der Waals surface area contributed by atoms with Gasteiger partial charge in [-0.3, -0.25) is 9.59 Å². The van der Waals surface area contributed by atoms with Gasteiger partial charge in [-0.05, 0) is 79.0 Å². The molecule has 6 rings (SSSR count). The molecule has 2 aliphatic carbocycles. The maximum absolute atomic E-state index is 12.3. The monoisotopic (exact) mass is 565 g/mol. The number of phenols is 2. The number of halogens is 1. The van der Waals surface area contributed by atoms with E-state index >= 15 is 0 Å². The lowest BCUT2D eigenvalue weighted by atomic mass is 9.82. The zero-order valence-electron chi connectivity index (χ0n) is 23.2. The number of rotatable bonds is 3. The Kier molecular flexibility index (Phi) is 8.92. The first-order valence-corrected chi connectivity index (χ1v) is 13.2. The Morgan fingerprint density at radius 1 is 0.683 bits per heavy atom. The maximum Gasteiger partial charge on any atom is 0.201 e. The summed E-state index contributed by atoms with van der Waals surface area (Å²) in [5.74, 6) is -1.37. The second-order valence-electron chi connectivity index (χ2n) is 10.3. The summed E-state index contributed by atoms with van der Waals surface area (Å²) in [6, 6.07) is 24.7. The van der Waals surface area contributed by atoms with E-state index in [1.165, 1.54) is 52.1 Å². The van der Waals surface area contributed by atoms with Crippen molar-refractivity contribution < 1.29 is 19.8 Å². The van der Waals surface area contributed by atoms with Gasteiger partial charge >= 0.3 is 0 Å². The molecule has 0 aliphatic heterocycles. The first kappa shape index (κ1) is 29.5. The Labute approximate surface area is 246 Å². The van der Waals surface area contributed by atoms with Crippen LogP contribution in [0.2, 0.25) is 0 Å². The molecule has 0 saturated heterocycles. The van der Waals surface area contributed by atoms with Crippen molar-refractivity contribution in [3.8, 4) is 11.5 Å². The fourth-order valence-corrected chi connectivity index (χ4v) is 5.21. The summed E-state index contributed by atoms with van der Waals surface area (Å²) in [6.07, 6.45) is 7.89. The molecule has 0 aromatic heterocycles. The second-order valence-corrected chi connectivity index (χ2v) is 10.3. The first-order valence-electron chi connectivity index (χ1n) is 13.2. The number of aryl methyl sites for hydroxylation is 1. The second kappa shape index (κ2) is 12.4. The number of nitrogens with zero attached hydrogens (tertiary/aromatic N) is 1. The molecular weight excluding hydrogens is 534 g/mol. The van der Waals surface area contributed by atoms with Crippen molar-refractivity contribution in [3.63, 3.8) is 0 Å². The Morgan fingerprint density at radius 3 is 1.85 bits per heavy atom. The number of benzene rings is 4. The number of hydrogen-bond acceptors (Lipinski definition) is 5. The van der Waals surface area contributed by atoms with Crippen molar-refractivity contribution in [2.75, 3.05) is 20.6 Å². The lowest BCUT2D eigenvalue weighted by Crippen LogP contribution is -2.21. The third-order valence-electron chi connectivity index (χ3n) is 7.12. The van der Waals surface area contributed by atoms with Crippen LogP contribution in [0, 0.1) is 6.92 Å². The van der Waals surface area contributed by atoms with Gasteiger partial charge in [-0.15, -0.1) is 12.4 Å². The van der Waals surface area contributed by atoms with Gasteiger partial charge < -0.3 is 15.1 Å². The average Bonchev–Trinajstić information content (AvgIpc) is 3.08. The van der Waals surface area contributed by atoms with E-state index in [0.717, 1.165) is 13.0 Å². The molecule has 0 spiro atoms. The Hall–Kier alpha value is -4.45. The van der Waals surface area contributed by atoms with Crippen LogP contribution in [0.4, 0.5) is 0 Å². The van der Waals surface area contributed by atoms with Crippen LogP contribution in [0.1, 0.15) is 66.1 Å². The summed E-state index contributed by atoms with van der Waals surface area (Å²) in [7, 11) is 4.24. The van der Waals surface area contributed by atoms with Gasteiger partial charge in [0.15, 0.2) is 5.78 Å². The molecule has 2 aliphatic rings. The molecule has 0 heterocycles. The van der Waals surface area contributed by atoms with E-state index in [-0.39, 0.29) is 51.9 Å². The molecule has 0 bridgehead atoms. The average molecular weight is 566 g/mol. The highest BCUT2D eigenvalue weighted by Gasteiger charge is 2.34. The lowest BCUT2D eigenvalue weighted by molar-refractivity contribution is 0.0974. The van der Waals surface area contributed by atoms with Gasteiger partial charge in [0.05, 0.1) is 11.1 Å². The molecule has 41 heavy (non-hydrogen) atoms. The fraction of sp³-hybridized carbons (Fsp3) is 0.143. The third-order valence-corrected chi connectivity index (χ3v) is 7.12. The van der Waals surface area contributed by atoms with E-state index in [0.29, 0.717) is 5.56 Å². The Bertz CT molecular complexity index is 1650. The number of phenolic OH excluding ortho intramolecular Hbond substituents is 2. The molecule has 0 atom stereocenters. The smallest absolute Gasteiger partial charge is 0.201 e. The molecule has 0 fully saturated rings. The van der Waals surface area contributed by atoms with E-state index in [4.69, 9.17) is 0 Å². The molecular formula is C35H32ClNO4. The van der Waals surface area contributed by atoms with E-state index in [2.05, 4.69) is 85.8 Å². The van der Waals surface area contributed by atoms with Crippen molar-refractivity contribution >= 4 is 41.7 Å². The zero-order chi connectivity index (χ0) is 28.4. The minimum absolute atomic E-state index is 0. The lowest BCUT2D eigenvalue weighted by Gasteiger charge is -2.19. The quantitative estimate of drug-likeness (QED) is 0.238. The number of carbonyl (C=O) groups is 2. The number of ketones is 2. The highest BCUT2D eigenvalue weighted by atomic mass is 35.5. The maximum atomic E-state index is 12.3. The third kappa shape index (κ3) is 5.87. The van der Waals surface area contributed by atoms with Crippen LogP contribution in [0.3, 0.4) is 0 Å². The van der Waals surface area contributed by atoms with Crippen molar-refractivity contribution in [1.29, 1.82) is 0 Å². The standard InChI is InChI=1S/C20H21N.C15H10O4.ClH/c1-21(2)15-7-12-20-18-10-5-3-8-16(18)13-14-17-9-4-6-11-19(17)20;1-7-5-9-13(11(17)6-7)15(19)12-8(14(9)18)3-2-4-10(12)16;/h3-6,8-14H,7,15H2,1-2H3;2-6,16-17H,1H3;1H. The highest BCUT2D eigenvalue weighted by Crippen LogP contribution is 2.37. The number of aromatic hydroxyl groups is 2. The van der Waals surface area contributed by atoms with Gasteiger partial charge in [-0.25, -0.2) is 0 Å². The van der Waals surface area contributed by atoms with Gasteiger partial charge in [-0.1, -0.05) is 78.9 Å². The van der Waals surface area contributed by atoms with E-state index in [1.807, 2.05) is 0 Å². The highest BCUT2D eigenvalue weighted by molar-refractivity contribution is 6.30. The summed E-state index contributed by atoms with van der Waals surface area (Å²) in [6.45, 7) is 2.80. The van der Waals surface area contributed by atoms with Crippen LogP contribution in [0.15, 0.2) is 84.9 Å². The van der Waals surface area contributed by atoms with Gasteiger partial charge in [0.1, 0.15) is 11.5 Å². The predicted molar refractivity (Wildman–Crippen MR) is 167 cm³/mol. The minimum atomic E-state index is -0.528. The fourth-order valence-electron chi connectivity index (χ4n) is 5.21. The zero-order valence-corrected chi connectivity index (χ0v) is 24.0. The van der Waals surface area contributed by atoms with E-state index in [1.54, 1.807) is 13.0 Å². The summed E-state index contributed by atoms with van der Waals surface area (Å²) in [5.41, 5.74) is 7.57. The molecule has 5 nitrogen and oxygen atoms in total. The van der Waals surface area contributed by atoms with Crippen molar-refractivity contribution in [2.24, 2.45) is 0 Å². The van der Waals surface area contributed by atoms with Crippen LogP contribution in [-0.2, 0) is 0 Å². The van der Waals surface area contributed by atoms with Crippen LogP contribution < -0.4 is 0 Å². The molecule has 0 saturated carbocycles. The molecule has 208 valence electrons. The summed E-state index contributed by atoms with van der Waals surface area (Å²) >= 11 is 0. The van der Waals surface area contributed by atoms with Crippen molar-refractivity contribution in [2.45, 2.75) is 13.3 Å². The van der Waals surface area contributed by atoms with Crippen LogP contribution in [-0.4, -0.2) is 47.3 Å². The summed E-state index contributed by atoms with van der Waals surface area (Å²) in [5, 5.41) is 19.6. The van der Waals surface area contributed by atoms with E-state index < -0.39 is 5.78 Å². The SMILES string of the molecule is CN(C)CCC=C1c2ccccc2C=Cc2ccccc21.Cc1cc(O)c2c(c1)C(=O)c1cccc(O)c1C2=O.Cl. The van der Waals surface area contributed by atoms with Gasteiger partial charge in [0, 0.05) is 17.7 Å². The van der Waals surface area contributed by atoms with E-state index in [9.17, 15) is 19.8 Å². The van der Waals surface area contributed by atoms with Crippen molar-refractivity contribution in [1.82, 2.24) is 4.90 Å². The number of fused-ring (bicyclic) bond motifs is 4. The molecule has 4 aromatic carbocycles. The normalized spacial score (nSPS) is 12.6. The first-order chi connectivity index (χ1) is 19.3. The summed E-state index contributed by atoms with van der Waals surface area (Å²) < 4.78 is 0. The van der Waals surface area contributed by atoms with Crippen molar-refractivity contribution in [3.05, 3.63) is 135 Å². The summed E-state index contributed by atoms with van der Waals surface area (Å²) in [4.78, 5) is 26.9. The minimum Gasteiger partial charge on any atom is -0.507 e. The van der Waals surface area contributed by atoms with Gasteiger partial charge in [0.2, 0.25) is 5.78 Å². The predicted octanol–water partition coefficient (Wildman–Crippen LogP) is 7.16. The number of hydrogen-bond donors (Lipinski definition) is 2. The van der Waals surface area contributed by atoms with Gasteiger partial charge in [-0.2, -0.15) is 0 Å². The van der Waals surface area contributed by atoms with Gasteiger partial charge in [0.25, 0.3) is 0 Å². The number of carbonyl (C=O) groups excluding carboxylic acids is 2. The van der Waals surface area contributed by atoms with Crippen LogP contribution in [0.25, 0.3) is 17.7 Å². The molecule has 0 amide bonds. The molecule has 2 N–H and O–H groups in total. The molecule has 0 unspecified atom stereocenters. The van der Waals surface area contributed by atoms with Crippen LogP contribution in [0.5, 0.6) is 11.5 Å².